The fourth-order valence-corrected chi connectivity index (χ4v) is 6.42. The van der Waals surface area contributed by atoms with Crippen molar-refractivity contribution in [3.8, 4) is 0 Å². The predicted molar refractivity (Wildman–Crippen MR) is 152 cm³/mol. The summed E-state index contributed by atoms with van der Waals surface area (Å²) in [5.41, 5.74) is 1.81. The van der Waals surface area contributed by atoms with Gasteiger partial charge >= 0.3 is 11.8 Å². The number of piperazine rings is 1. The Morgan fingerprint density at radius 1 is 0.975 bits per heavy atom. The minimum absolute atomic E-state index is 0.221. The third-order valence-corrected chi connectivity index (χ3v) is 8.69. The van der Waals surface area contributed by atoms with Crippen molar-refractivity contribution in [2.45, 2.75) is 83.0 Å². The molecule has 3 aliphatic rings. The highest BCUT2D eigenvalue weighted by Crippen LogP contribution is 2.30. The monoisotopic (exact) mass is 554 g/mol. The maximum atomic E-state index is 13.1. The van der Waals surface area contributed by atoms with E-state index in [0.29, 0.717) is 18.0 Å². The molecule has 11 heteroatoms. The number of hydrogen-bond acceptors (Lipinski definition) is 7. The molecule has 3 fully saturated rings. The molecule has 2 aromatic rings. The summed E-state index contributed by atoms with van der Waals surface area (Å²) < 4.78 is 8.66. The Balaban J connectivity index is 1.19. The summed E-state index contributed by atoms with van der Waals surface area (Å²) in [6.45, 7) is 9.40. The fourth-order valence-electron chi connectivity index (χ4n) is 6.42. The summed E-state index contributed by atoms with van der Waals surface area (Å²) in [7, 11) is 3.58. The molecule has 0 spiro atoms. The van der Waals surface area contributed by atoms with Gasteiger partial charge in [-0.3, -0.25) is 28.9 Å². The van der Waals surface area contributed by atoms with Crippen molar-refractivity contribution in [1.82, 2.24) is 24.3 Å². The van der Waals surface area contributed by atoms with Crippen LogP contribution in [0.2, 0.25) is 0 Å². The predicted octanol–water partition coefficient (Wildman–Crippen LogP) is 2.62. The zero-order valence-corrected chi connectivity index (χ0v) is 24.3. The number of hydrogen-bond donors (Lipinski definition) is 1. The first-order valence-electron chi connectivity index (χ1n) is 14.4. The van der Waals surface area contributed by atoms with E-state index in [4.69, 9.17) is 4.74 Å². The van der Waals surface area contributed by atoms with Gasteiger partial charge in [-0.1, -0.05) is 0 Å². The number of rotatable bonds is 4. The van der Waals surface area contributed by atoms with E-state index in [0.717, 1.165) is 63.1 Å². The van der Waals surface area contributed by atoms with Gasteiger partial charge in [-0.05, 0) is 71.1 Å². The number of imidazole rings is 1. The molecule has 40 heavy (non-hydrogen) atoms. The van der Waals surface area contributed by atoms with E-state index in [-0.39, 0.29) is 30.2 Å². The lowest BCUT2D eigenvalue weighted by Crippen LogP contribution is -2.52. The van der Waals surface area contributed by atoms with E-state index in [1.807, 2.05) is 46.0 Å². The molecule has 0 bridgehead atoms. The number of anilines is 1. The first-order chi connectivity index (χ1) is 18.9. The first-order valence-corrected chi connectivity index (χ1v) is 14.4. The van der Waals surface area contributed by atoms with Crippen LogP contribution in [0.5, 0.6) is 0 Å². The average molecular weight is 555 g/mol. The minimum atomic E-state index is -0.678. The molecule has 2 aliphatic heterocycles. The van der Waals surface area contributed by atoms with Gasteiger partial charge in [0.05, 0.1) is 11.0 Å². The molecule has 1 atom stereocenters. The molecule has 1 aliphatic carbocycles. The number of nitrogens with one attached hydrogen (secondary N) is 1. The van der Waals surface area contributed by atoms with E-state index >= 15 is 0 Å². The lowest BCUT2D eigenvalue weighted by Gasteiger charge is -2.43. The molecule has 218 valence electrons. The van der Waals surface area contributed by atoms with Crippen molar-refractivity contribution < 1.29 is 19.1 Å². The number of piperidine rings is 1. The van der Waals surface area contributed by atoms with E-state index < -0.39 is 17.6 Å². The molecule has 3 amide bonds. The quantitative estimate of drug-likeness (QED) is 0.579. The van der Waals surface area contributed by atoms with Gasteiger partial charge in [0.2, 0.25) is 11.8 Å². The number of amides is 3. The van der Waals surface area contributed by atoms with Crippen LogP contribution in [-0.4, -0.2) is 87.8 Å². The fraction of sp³-hybridized carbons (Fsp3) is 0.655. The van der Waals surface area contributed by atoms with E-state index in [1.54, 1.807) is 16.5 Å². The molecule has 1 unspecified atom stereocenters. The zero-order chi connectivity index (χ0) is 28.8. The third-order valence-electron chi connectivity index (χ3n) is 8.69. The summed E-state index contributed by atoms with van der Waals surface area (Å²) >= 11 is 0. The highest BCUT2D eigenvalue weighted by atomic mass is 16.6. The van der Waals surface area contributed by atoms with E-state index in [1.165, 1.54) is 4.57 Å². The van der Waals surface area contributed by atoms with Crippen molar-refractivity contribution in [2.75, 3.05) is 38.1 Å². The van der Waals surface area contributed by atoms with Crippen molar-refractivity contribution in [3.05, 3.63) is 28.7 Å². The normalized spacial score (nSPS) is 24.7. The van der Waals surface area contributed by atoms with Gasteiger partial charge < -0.3 is 14.5 Å². The van der Waals surface area contributed by atoms with Crippen LogP contribution in [0.25, 0.3) is 11.0 Å². The van der Waals surface area contributed by atoms with Crippen LogP contribution >= 0.6 is 0 Å². The van der Waals surface area contributed by atoms with Gasteiger partial charge in [0.1, 0.15) is 11.6 Å². The van der Waals surface area contributed by atoms with Gasteiger partial charge in [0.25, 0.3) is 0 Å². The van der Waals surface area contributed by atoms with Crippen LogP contribution in [0.15, 0.2) is 23.0 Å². The molecule has 5 rings (SSSR count). The summed E-state index contributed by atoms with van der Waals surface area (Å²) in [6, 6.07) is 6.05. The van der Waals surface area contributed by atoms with Gasteiger partial charge in [-0.15, -0.1) is 0 Å². The smallest absolute Gasteiger partial charge is 0.410 e. The number of carbonyl (C=O) groups excluding carboxylic acids is 3. The molecule has 1 aromatic carbocycles. The highest BCUT2D eigenvalue weighted by Gasteiger charge is 2.34. The van der Waals surface area contributed by atoms with Crippen LogP contribution in [0.4, 0.5) is 10.5 Å². The van der Waals surface area contributed by atoms with Gasteiger partial charge in [0, 0.05) is 64.5 Å². The molecule has 1 saturated carbocycles. The lowest BCUT2D eigenvalue weighted by atomic mass is 9.89. The maximum Gasteiger partial charge on any atom is 0.410 e. The SMILES string of the molecule is CN(C(=O)OC(C)(C)C)C1CCC(N2CCN(c3ccc4c(c3)n(C)c(=O)n4C3CCC(=O)NC3=O)CC2)CC1. The zero-order valence-electron chi connectivity index (χ0n) is 24.3. The van der Waals surface area contributed by atoms with Gasteiger partial charge in [-0.25, -0.2) is 9.59 Å². The molecule has 0 radical (unpaired) electrons. The average Bonchev–Trinajstić information content (AvgIpc) is 3.16. The molecule has 2 saturated heterocycles. The van der Waals surface area contributed by atoms with Crippen molar-refractivity contribution >= 4 is 34.6 Å². The number of benzene rings is 1. The Labute approximate surface area is 235 Å². The second-order valence-electron chi connectivity index (χ2n) is 12.4. The van der Waals surface area contributed by atoms with Crippen LogP contribution in [0, 0.1) is 0 Å². The largest absolute Gasteiger partial charge is 0.444 e. The first kappa shape index (κ1) is 28.2. The van der Waals surface area contributed by atoms with Gasteiger partial charge in [-0.2, -0.15) is 0 Å². The Morgan fingerprint density at radius 3 is 2.27 bits per heavy atom. The lowest BCUT2D eigenvalue weighted by molar-refractivity contribution is -0.135. The third kappa shape index (κ3) is 5.61. The second kappa shape index (κ2) is 10.9. The molecular formula is C29H42N6O5. The molecule has 1 aromatic heterocycles. The Kier molecular flexibility index (Phi) is 7.69. The molecule has 1 N–H and O–H groups in total. The number of carbonyl (C=O) groups is 3. The number of ether oxygens (including phenoxy) is 1. The van der Waals surface area contributed by atoms with E-state index in [2.05, 4.69) is 15.1 Å². The summed E-state index contributed by atoms with van der Waals surface area (Å²) in [5, 5.41) is 2.36. The maximum absolute atomic E-state index is 13.1. The number of imide groups is 1. The molecule has 11 nitrogen and oxygen atoms in total. The standard InChI is InChI=1S/C29H42N6O5/c1-29(2,3)40-28(39)31(4)19-6-8-20(9-7-19)33-14-16-34(17-15-33)21-10-11-22-24(18-21)32(5)27(38)35(22)23-12-13-25(36)30-26(23)37/h10-11,18-20,23H,6-9,12-17H2,1-5H3,(H,30,36,37). The van der Waals surface area contributed by atoms with Crippen LogP contribution < -0.4 is 15.9 Å². The number of nitrogens with zero attached hydrogens (tertiary/aromatic N) is 5. The summed E-state index contributed by atoms with van der Waals surface area (Å²) in [4.78, 5) is 56.4. The minimum Gasteiger partial charge on any atom is -0.444 e. The Hall–Kier alpha value is -3.34. The summed E-state index contributed by atoms with van der Waals surface area (Å²) in [6.07, 6.45) is 4.41. The topological polar surface area (TPSA) is 109 Å². The number of aryl methyl sites for hydroxylation is 1. The van der Waals surface area contributed by atoms with E-state index in [9.17, 15) is 19.2 Å². The summed E-state index contributed by atoms with van der Waals surface area (Å²) in [5.74, 6) is -0.714. The van der Waals surface area contributed by atoms with Crippen LogP contribution in [0.1, 0.15) is 65.3 Å². The second-order valence-corrected chi connectivity index (χ2v) is 12.4. The van der Waals surface area contributed by atoms with Gasteiger partial charge in [0.15, 0.2) is 0 Å². The van der Waals surface area contributed by atoms with Crippen LogP contribution in [0.3, 0.4) is 0 Å². The number of aromatic nitrogens is 2. The van der Waals surface area contributed by atoms with Crippen molar-refractivity contribution in [3.63, 3.8) is 0 Å². The highest BCUT2D eigenvalue weighted by molar-refractivity contribution is 6.00. The molecule has 3 heterocycles. The molecular weight excluding hydrogens is 512 g/mol. The number of fused-ring (bicyclic) bond motifs is 1. The van der Waals surface area contributed by atoms with Crippen molar-refractivity contribution in [2.24, 2.45) is 7.05 Å². The Bertz CT molecular complexity index is 1340. The Morgan fingerprint density at radius 2 is 1.65 bits per heavy atom. The van der Waals surface area contributed by atoms with Crippen LogP contribution in [-0.2, 0) is 21.4 Å². The van der Waals surface area contributed by atoms with Crippen molar-refractivity contribution in [1.29, 1.82) is 0 Å².